The Bertz CT molecular complexity index is 451. The minimum atomic E-state index is 0.0602. The van der Waals surface area contributed by atoms with Crippen molar-refractivity contribution < 1.29 is 4.74 Å². The van der Waals surface area contributed by atoms with Gasteiger partial charge in [0.25, 0.3) is 0 Å². The largest absolute Gasteiger partial charge is 0.372 e. The van der Waals surface area contributed by atoms with Gasteiger partial charge in [-0.15, -0.1) is 0 Å². The lowest BCUT2D eigenvalue weighted by Crippen LogP contribution is -2.13. The molecule has 0 radical (unpaired) electrons. The lowest BCUT2D eigenvalue weighted by Gasteiger charge is -2.16. The molecular formula is C14H22IN3O. The van der Waals surface area contributed by atoms with Crippen molar-refractivity contribution in [1.29, 1.82) is 0 Å². The van der Waals surface area contributed by atoms with Gasteiger partial charge in [-0.3, -0.25) is 0 Å². The lowest BCUT2D eigenvalue weighted by molar-refractivity contribution is 0.0502. The van der Waals surface area contributed by atoms with Crippen LogP contribution < -0.4 is 5.32 Å². The summed E-state index contributed by atoms with van der Waals surface area (Å²) in [6, 6.07) is 0. The molecule has 19 heavy (non-hydrogen) atoms. The smallest absolute Gasteiger partial charge is 0.159 e. The Morgan fingerprint density at radius 3 is 2.63 bits per heavy atom. The van der Waals surface area contributed by atoms with Crippen molar-refractivity contribution in [3.8, 4) is 0 Å². The van der Waals surface area contributed by atoms with Gasteiger partial charge in [0.15, 0.2) is 5.82 Å². The van der Waals surface area contributed by atoms with Gasteiger partial charge in [-0.25, -0.2) is 9.97 Å². The van der Waals surface area contributed by atoms with E-state index in [2.05, 4.69) is 53.7 Å². The van der Waals surface area contributed by atoms with Gasteiger partial charge < -0.3 is 10.1 Å². The number of anilines is 1. The molecule has 2 heterocycles. The number of nitrogens with zero attached hydrogens (tertiary/aromatic N) is 2. The van der Waals surface area contributed by atoms with Crippen LogP contribution in [0.5, 0.6) is 0 Å². The number of hydrogen-bond acceptors (Lipinski definition) is 4. The molecule has 0 aromatic carbocycles. The molecule has 1 aromatic heterocycles. The van der Waals surface area contributed by atoms with E-state index in [0.717, 1.165) is 40.2 Å². The van der Waals surface area contributed by atoms with Crippen molar-refractivity contribution in [3.05, 3.63) is 15.1 Å². The Kier molecular flexibility index (Phi) is 5.00. The standard InChI is InChI=1S/C14H22IN3O/c1-8(2)7-10-12(15)14(16-4)18-13(17-10)11-6-5-9(3)19-11/h8-9,11H,5-7H2,1-4H3,(H,16,17,18). The highest BCUT2D eigenvalue weighted by Gasteiger charge is 2.27. The molecule has 1 aromatic rings. The van der Waals surface area contributed by atoms with E-state index >= 15 is 0 Å². The molecule has 2 unspecified atom stereocenters. The molecule has 106 valence electrons. The average Bonchev–Trinajstić information content (AvgIpc) is 2.78. The minimum Gasteiger partial charge on any atom is -0.372 e. The zero-order valence-electron chi connectivity index (χ0n) is 12.0. The summed E-state index contributed by atoms with van der Waals surface area (Å²) >= 11 is 2.33. The van der Waals surface area contributed by atoms with E-state index in [9.17, 15) is 0 Å². The van der Waals surface area contributed by atoms with Gasteiger partial charge in [0.05, 0.1) is 15.4 Å². The fourth-order valence-corrected chi connectivity index (χ4v) is 3.07. The summed E-state index contributed by atoms with van der Waals surface area (Å²) in [5, 5.41) is 3.17. The predicted molar refractivity (Wildman–Crippen MR) is 85.4 cm³/mol. The highest BCUT2D eigenvalue weighted by molar-refractivity contribution is 14.1. The molecule has 2 rings (SSSR count). The van der Waals surface area contributed by atoms with Crippen molar-refractivity contribution in [2.75, 3.05) is 12.4 Å². The van der Waals surface area contributed by atoms with E-state index in [4.69, 9.17) is 9.72 Å². The van der Waals surface area contributed by atoms with Crippen LogP contribution in [0, 0.1) is 9.49 Å². The van der Waals surface area contributed by atoms with Crippen LogP contribution in [0.3, 0.4) is 0 Å². The van der Waals surface area contributed by atoms with Crippen molar-refractivity contribution in [2.45, 2.75) is 52.2 Å². The third kappa shape index (κ3) is 3.56. The number of rotatable bonds is 4. The molecule has 1 aliphatic rings. The van der Waals surface area contributed by atoms with Crippen LogP contribution in [0.1, 0.15) is 51.2 Å². The van der Waals surface area contributed by atoms with Gasteiger partial charge >= 0.3 is 0 Å². The maximum atomic E-state index is 5.89. The number of hydrogen-bond donors (Lipinski definition) is 1. The van der Waals surface area contributed by atoms with Gasteiger partial charge in [-0.05, 0) is 54.7 Å². The molecule has 0 amide bonds. The summed E-state index contributed by atoms with van der Waals surface area (Å²) in [6.07, 6.45) is 3.47. The predicted octanol–water partition coefficient (Wildman–Crippen LogP) is 3.56. The number of ether oxygens (including phenoxy) is 1. The summed E-state index contributed by atoms with van der Waals surface area (Å²) < 4.78 is 7.02. The van der Waals surface area contributed by atoms with Crippen molar-refractivity contribution in [2.24, 2.45) is 5.92 Å². The Hall–Kier alpha value is -0.430. The molecule has 1 saturated heterocycles. The van der Waals surface area contributed by atoms with E-state index < -0.39 is 0 Å². The second-order valence-corrected chi connectivity index (χ2v) is 6.63. The summed E-state index contributed by atoms with van der Waals surface area (Å²) in [6.45, 7) is 6.54. The average molecular weight is 375 g/mol. The van der Waals surface area contributed by atoms with Crippen molar-refractivity contribution in [3.63, 3.8) is 0 Å². The number of nitrogens with one attached hydrogen (secondary N) is 1. The lowest BCUT2D eigenvalue weighted by atomic mass is 10.1. The zero-order valence-corrected chi connectivity index (χ0v) is 14.2. The third-order valence-corrected chi connectivity index (χ3v) is 4.43. The second-order valence-electron chi connectivity index (χ2n) is 5.55. The third-order valence-electron chi connectivity index (χ3n) is 3.30. The summed E-state index contributed by atoms with van der Waals surface area (Å²) in [5.41, 5.74) is 1.13. The molecule has 0 aliphatic carbocycles. The summed E-state index contributed by atoms with van der Waals surface area (Å²) in [7, 11) is 1.91. The molecular weight excluding hydrogens is 353 g/mol. The van der Waals surface area contributed by atoms with Crippen LogP contribution in [0.15, 0.2) is 0 Å². The van der Waals surface area contributed by atoms with E-state index in [-0.39, 0.29) is 6.10 Å². The number of halogens is 1. The first-order chi connectivity index (χ1) is 9.01. The van der Waals surface area contributed by atoms with Crippen molar-refractivity contribution >= 4 is 28.4 Å². The first-order valence-electron chi connectivity index (χ1n) is 6.90. The quantitative estimate of drug-likeness (QED) is 0.818. The van der Waals surface area contributed by atoms with Gasteiger partial charge in [-0.2, -0.15) is 0 Å². The molecule has 5 heteroatoms. The van der Waals surface area contributed by atoms with Crippen LogP contribution in [0.4, 0.5) is 5.82 Å². The minimum absolute atomic E-state index is 0.0602. The Morgan fingerprint density at radius 2 is 2.11 bits per heavy atom. The molecule has 1 aliphatic heterocycles. The monoisotopic (exact) mass is 375 g/mol. The molecule has 2 atom stereocenters. The van der Waals surface area contributed by atoms with E-state index in [1.165, 1.54) is 0 Å². The van der Waals surface area contributed by atoms with E-state index in [1.54, 1.807) is 0 Å². The van der Waals surface area contributed by atoms with E-state index in [0.29, 0.717) is 12.0 Å². The topological polar surface area (TPSA) is 47.0 Å². The molecule has 1 fully saturated rings. The van der Waals surface area contributed by atoms with Gasteiger partial charge in [-0.1, -0.05) is 13.8 Å². The molecule has 4 nitrogen and oxygen atoms in total. The van der Waals surface area contributed by atoms with Crippen LogP contribution in [-0.2, 0) is 11.2 Å². The van der Waals surface area contributed by atoms with Gasteiger partial charge in [0.2, 0.25) is 0 Å². The maximum Gasteiger partial charge on any atom is 0.159 e. The van der Waals surface area contributed by atoms with Crippen molar-refractivity contribution in [1.82, 2.24) is 9.97 Å². The molecule has 0 spiro atoms. The van der Waals surface area contributed by atoms with Gasteiger partial charge in [0, 0.05) is 7.05 Å². The Morgan fingerprint density at radius 1 is 1.37 bits per heavy atom. The highest BCUT2D eigenvalue weighted by Crippen LogP contribution is 2.32. The molecule has 1 N–H and O–H groups in total. The normalized spacial score (nSPS) is 23.1. The van der Waals surface area contributed by atoms with Crippen LogP contribution >= 0.6 is 22.6 Å². The van der Waals surface area contributed by atoms with Crippen LogP contribution in [-0.4, -0.2) is 23.1 Å². The number of aromatic nitrogens is 2. The first-order valence-corrected chi connectivity index (χ1v) is 7.98. The van der Waals surface area contributed by atoms with Gasteiger partial charge in [0.1, 0.15) is 11.9 Å². The fourth-order valence-electron chi connectivity index (χ4n) is 2.34. The first kappa shape index (κ1) is 15.0. The Labute approximate surface area is 128 Å². The summed E-state index contributed by atoms with van der Waals surface area (Å²) in [4.78, 5) is 9.37. The van der Waals surface area contributed by atoms with Crippen LogP contribution in [0.2, 0.25) is 0 Å². The maximum absolute atomic E-state index is 5.89. The summed E-state index contributed by atoms with van der Waals surface area (Å²) in [5.74, 6) is 2.35. The second kappa shape index (κ2) is 6.35. The SMILES string of the molecule is CNc1nc(C2CCC(C)O2)nc(CC(C)C)c1I. The highest BCUT2D eigenvalue weighted by atomic mass is 127. The molecule has 0 bridgehead atoms. The molecule has 0 saturated carbocycles. The Balaban J connectivity index is 2.33. The van der Waals surface area contributed by atoms with Crippen LogP contribution in [0.25, 0.3) is 0 Å². The fraction of sp³-hybridized carbons (Fsp3) is 0.714. The zero-order chi connectivity index (χ0) is 14.0. The van der Waals surface area contributed by atoms with E-state index in [1.807, 2.05) is 7.05 Å².